The van der Waals surface area contributed by atoms with E-state index in [2.05, 4.69) is 55.1 Å². The lowest BCUT2D eigenvalue weighted by atomic mass is 9.83. The first-order valence-electron chi connectivity index (χ1n) is 6.21. The molecule has 1 atom stereocenters. The minimum Gasteiger partial charge on any atom is -0.323 e. The fraction of sp³-hybridized carbons (Fsp3) is 0.176. The third-order valence-corrected chi connectivity index (χ3v) is 3.25. The molecule has 1 unspecified atom stereocenters. The van der Waals surface area contributed by atoms with Crippen molar-refractivity contribution in [1.29, 1.82) is 0 Å². The quantitative estimate of drug-likeness (QED) is 0.806. The summed E-state index contributed by atoms with van der Waals surface area (Å²) in [5.74, 6) is 0.171. The summed E-state index contributed by atoms with van der Waals surface area (Å²) in [6, 6.07) is 20.7. The fourth-order valence-corrected chi connectivity index (χ4v) is 2.21. The summed E-state index contributed by atoms with van der Waals surface area (Å²) in [6.07, 6.45) is 0. The Kier molecular flexibility index (Phi) is 3.96. The second kappa shape index (κ2) is 5.65. The second-order valence-corrected chi connectivity index (χ2v) is 4.67. The second-order valence-electron chi connectivity index (χ2n) is 4.67. The summed E-state index contributed by atoms with van der Waals surface area (Å²) in [5, 5.41) is 0. The van der Waals surface area contributed by atoms with Gasteiger partial charge in [0.15, 0.2) is 0 Å². The number of benzene rings is 2. The molecule has 18 heavy (non-hydrogen) atoms. The molecule has 0 radical (unpaired) electrons. The van der Waals surface area contributed by atoms with Gasteiger partial charge >= 0.3 is 0 Å². The lowest BCUT2D eigenvalue weighted by molar-refractivity contribution is 0.669. The van der Waals surface area contributed by atoms with Crippen molar-refractivity contribution in [3.8, 4) is 0 Å². The molecular weight excluding hydrogens is 218 g/mol. The van der Waals surface area contributed by atoms with Crippen molar-refractivity contribution in [3.05, 3.63) is 83.9 Å². The highest BCUT2D eigenvalue weighted by atomic mass is 14.7. The molecule has 0 aliphatic carbocycles. The van der Waals surface area contributed by atoms with Gasteiger partial charge in [-0.3, -0.25) is 0 Å². The summed E-state index contributed by atoms with van der Waals surface area (Å²) < 4.78 is 0. The van der Waals surface area contributed by atoms with Crippen LogP contribution in [-0.2, 0) is 0 Å². The third kappa shape index (κ3) is 2.69. The normalized spacial score (nSPS) is 12.4. The molecule has 1 heteroatoms. The Morgan fingerprint density at radius 3 is 1.61 bits per heavy atom. The highest BCUT2D eigenvalue weighted by Crippen LogP contribution is 2.29. The van der Waals surface area contributed by atoms with E-state index in [1.807, 2.05) is 19.1 Å². The monoisotopic (exact) mass is 237 g/mol. The summed E-state index contributed by atoms with van der Waals surface area (Å²) in [4.78, 5) is 0. The smallest absolute Gasteiger partial charge is 0.0359 e. The zero-order chi connectivity index (χ0) is 13.0. The number of rotatable bonds is 4. The summed E-state index contributed by atoms with van der Waals surface area (Å²) in [6.45, 7) is 5.99. The largest absolute Gasteiger partial charge is 0.323 e. The van der Waals surface area contributed by atoms with Gasteiger partial charge in [0.1, 0.15) is 0 Å². The molecule has 2 N–H and O–H groups in total. The van der Waals surface area contributed by atoms with Crippen LogP contribution in [0.5, 0.6) is 0 Å². The molecule has 1 nitrogen and oxygen atoms in total. The summed E-state index contributed by atoms with van der Waals surface area (Å²) >= 11 is 0. The Bertz CT molecular complexity index is 462. The predicted molar refractivity (Wildman–Crippen MR) is 77.5 cm³/mol. The minimum absolute atomic E-state index is 0.0604. The molecule has 2 rings (SSSR count). The van der Waals surface area contributed by atoms with E-state index in [1.165, 1.54) is 11.1 Å². The molecule has 0 spiro atoms. The van der Waals surface area contributed by atoms with Crippen LogP contribution in [0.2, 0.25) is 0 Å². The number of hydrogen-bond acceptors (Lipinski definition) is 1. The first-order chi connectivity index (χ1) is 8.70. The van der Waals surface area contributed by atoms with Gasteiger partial charge in [0.2, 0.25) is 0 Å². The maximum Gasteiger partial charge on any atom is 0.0359 e. The molecule has 0 amide bonds. The van der Waals surface area contributed by atoms with Crippen LogP contribution in [0, 0.1) is 0 Å². The van der Waals surface area contributed by atoms with Crippen molar-refractivity contribution in [1.82, 2.24) is 0 Å². The molecule has 92 valence electrons. The highest BCUT2D eigenvalue weighted by molar-refractivity contribution is 5.36. The zero-order valence-electron chi connectivity index (χ0n) is 10.7. The van der Waals surface area contributed by atoms with Crippen molar-refractivity contribution in [2.24, 2.45) is 5.73 Å². The number of nitrogens with two attached hydrogens (primary N) is 1. The van der Waals surface area contributed by atoms with Crippen LogP contribution in [0.3, 0.4) is 0 Å². The van der Waals surface area contributed by atoms with Crippen molar-refractivity contribution >= 4 is 0 Å². The SMILES string of the molecule is C=C(C)C(N)C(c1ccccc1)c1ccccc1. The molecule has 2 aromatic rings. The molecule has 0 saturated heterocycles. The molecule has 0 heterocycles. The molecule has 0 fully saturated rings. The average molecular weight is 237 g/mol. The maximum absolute atomic E-state index is 6.33. The van der Waals surface area contributed by atoms with Gasteiger partial charge < -0.3 is 5.73 Å². The van der Waals surface area contributed by atoms with Crippen LogP contribution in [-0.4, -0.2) is 6.04 Å². The molecule has 0 aliphatic rings. The first-order valence-corrected chi connectivity index (χ1v) is 6.21. The first kappa shape index (κ1) is 12.6. The lowest BCUT2D eigenvalue weighted by Gasteiger charge is -2.25. The Hall–Kier alpha value is -1.86. The van der Waals surface area contributed by atoms with E-state index < -0.39 is 0 Å². The standard InChI is InChI=1S/C17H19N/c1-13(2)17(18)16(14-9-5-3-6-10-14)15-11-7-4-8-12-15/h3-12,16-17H,1,18H2,2H3. The van der Waals surface area contributed by atoms with E-state index in [1.54, 1.807) is 0 Å². The maximum atomic E-state index is 6.33. The van der Waals surface area contributed by atoms with E-state index in [9.17, 15) is 0 Å². The zero-order valence-corrected chi connectivity index (χ0v) is 10.7. The molecule has 2 aromatic carbocycles. The van der Waals surface area contributed by atoms with Gasteiger partial charge in [-0.15, -0.1) is 0 Å². The molecule has 0 aliphatic heterocycles. The van der Waals surface area contributed by atoms with Crippen LogP contribution in [0.1, 0.15) is 24.0 Å². The van der Waals surface area contributed by atoms with Gasteiger partial charge in [-0.1, -0.05) is 72.8 Å². The Morgan fingerprint density at radius 2 is 1.28 bits per heavy atom. The van der Waals surface area contributed by atoms with Gasteiger partial charge in [0, 0.05) is 12.0 Å². The van der Waals surface area contributed by atoms with Crippen LogP contribution in [0.15, 0.2) is 72.8 Å². The van der Waals surface area contributed by atoms with E-state index in [4.69, 9.17) is 5.73 Å². The summed E-state index contributed by atoms with van der Waals surface area (Å²) in [5.41, 5.74) is 9.80. The van der Waals surface area contributed by atoms with Crippen LogP contribution >= 0.6 is 0 Å². The Morgan fingerprint density at radius 1 is 0.889 bits per heavy atom. The fourth-order valence-electron chi connectivity index (χ4n) is 2.21. The molecule has 0 saturated carbocycles. The molecular formula is C17H19N. The lowest BCUT2D eigenvalue weighted by Crippen LogP contribution is -2.30. The Balaban J connectivity index is 2.45. The van der Waals surface area contributed by atoms with Crippen molar-refractivity contribution in [2.75, 3.05) is 0 Å². The van der Waals surface area contributed by atoms with E-state index in [-0.39, 0.29) is 12.0 Å². The van der Waals surface area contributed by atoms with Crippen LogP contribution in [0.4, 0.5) is 0 Å². The summed E-state index contributed by atoms with van der Waals surface area (Å²) in [7, 11) is 0. The predicted octanol–water partition coefficient (Wildman–Crippen LogP) is 3.72. The van der Waals surface area contributed by atoms with Crippen LogP contribution in [0.25, 0.3) is 0 Å². The number of hydrogen-bond donors (Lipinski definition) is 1. The average Bonchev–Trinajstić information content (AvgIpc) is 2.41. The van der Waals surface area contributed by atoms with Crippen molar-refractivity contribution < 1.29 is 0 Å². The third-order valence-electron chi connectivity index (χ3n) is 3.25. The molecule has 0 bridgehead atoms. The van der Waals surface area contributed by atoms with Gasteiger partial charge in [-0.25, -0.2) is 0 Å². The minimum atomic E-state index is -0.0604. The van der Waals surface area contributed by atoms with Gasteiger partial charge in [-0.2, -0.15) is 0 Å². The van der Waals surface area contributed by atoms with E-state index in [0.29, 0.717) is 0 Å². The van der Waals surface area contributed by atoms with Gasteiger partial charge in [-0.05, 0) is 18.1 Å². The Labute approximate surface area is 109 Å². The van der Waals surface area contributed by atoms with Gasteiger partial charge in [0.05, 0.1) is 0 Å². The van der Waals surface area contributed by atoms with Crippen LogP contribution < -0.4 is 5.73 Å². The highest BCUT2D eigenvalue weighted by Gasteiger charge is 2.21. The van der Waals surface area contributed by atoms with Crippen molar-refractivity contribution in [3.63, 3.8) is 0 Å². The van der Waals surface area contributed by atoms with E-state index in [0.717, 1.165) is 5.57 Å². The van der Waals surface area contributed by atoms with Crippen molar-refractivity contribution in [2.45, 2.75) is 18.9 Å². The van der Waals surface area contributed by atoms with Gasteiger partial charge in [0.25, 0.3) is 0 Å². The van der Waals surface area contributed by atoms with E-state index >= 15 is 0 Å². The molecule has 0 aromatic heterocycles. The topological polar surface area (TPSA) is 26.0 Å².